The van der Waals surface area contributed by atoms with Crippen molar-refractivity contribution in [1.29, 1.82) is 0 Å². The summed E-state index contributed by atoms with van der Waals surface area (Å²) in [4.78, 5) is 21.4. The molecular weight excluding hydrogens is 534 g/mol. The quantitative estimate of drug-likeness (QED) is 0.0371. The zero-order valence-corrected chi connectivity index (χ0v) is 28.7. The highest BCUT2D eigenvalue weighted by Gasteiger charge is 2.00. The number of hydrogen-bond donors (Lipinski definition) is 3. The van der Waals surface area contributed by atoms with E-state index in [1.807, 2.05) is 0 Å². The third kappa shape index (κ3) is 38.9. The van der Waals surface area contributed by atoms with Crippen LogP contribution in [-0.4, -0.2) is 22.2 Å². The highest BCUT2D eigenvalue weighted by molar-refractivity contribution is 5.74. The van der Waals surface area contributed by atoms with Gasteiger partial charge in [-0.3, -0.25) is 14.8 Å². The molecule has 0 aromatic carbocycles. The van der Waals surface area contributed by atoms with Gasteiger partial charge < -0.3 is 5.11 Å². The summed E-state index contributed by atoms with van der Waals surface area (Å²) in [5.41, 5.74) is 1.70. The van der Waals surface area contributed by atoms with Crippen LogP contribution in [0.3, 0.4) is 0 Å². The van der Waals surface area contributed by atoms with Crippen LogP contribution in [0.15, 0.2) is 0 Å². The molecule has 5 heteroatoms. The molecule has 0 radical (unpaired) electrons. The van der Waals surface area contributed by atoms with E-state index in [4.69, 9.17) is 10.3 Å². The Labute approximate surface area is 268 Å². The molecule has 0 aliphatic rings. The maximum Gasteiger partial charge on any atom is 0.303 e. The molecule has 3 N–H and O–H groups in total. The SMILES string of the molecule is O=C(O)CCCCCCCCCCCCCCCCCCCCCCCCCCCCCCCCCCCCC(=O)NO. The van der Waals surface area contributed by atoms with Crippen molar-refractivity contribution < 1.29 is 19.9 Å². The average Bonchev–Trinajstić information content (AvgIpc) is 3.00. The molecule has 43 heavy (non-hydrogen) atoms. The average molecular weight is 610 g/mol. The molecule has 0 unspecified atom stereocenters. The first-order valence-electron chi connectivity index (χ1n) is 19.3. The van der Waals surface area contributed by atoms with Crippen molar-refractivity contribution in [3.05, 3.63) is 0 Å². The zero-order chi connectivity index (χ0) is 31.3. The molecule has 0 spiro atoms. The Balaban J connectivity index is 3.05. The Hall–Kier alpha value is -1.10. The van der Waals surface area contributed by atoms with E-state index in [0.29, 0.717) is 12.8 Å². The minimum Gasteiger partial charge on any atom is -0.481 e. The van der Waals surface area contributed by atoms with Gasteiger partial charge in [-0.1, -0.05) is 205 Å². The molecule has 0 heterocycles. The summed E-state index contributed by atoms with van der Waals surface area (Å²) >= 11 is 0. The number of rotatable bonds is 37. The molecule has 0 aromatic heterocycles. The van der Waals surface area contributed by atoms with Gasteiger partial charge >= 0.3 is 5.97 Å². The van der Waals surface area contributed by atoms with Crippen LogP contribution >= 0.6 is 0 Å². The molecule has 0 bridgehead atoms. The second-order valence-corrected chi connectivity index (χ2v) is 13.4. The molecule has 1 amide bonds. The molecular formula is C38H75NO4. The number of nitrogens with one attached hydrogen (secondary N) is 1. The number of amides is 1. The molecule has 0 saturated carbocycles. The van der Waals surface area contributed by atoms with Gasteiger partial charge in [-0.25, -0.2) is 5.48 Å². The first kappa shape index (κ1) is 41.9. The van der Waals surface area contributed by atoms with E-state index >= 15 is 0 Å². The lowest BCUT2D eigenvalue weighted by atomic mass is 10.0. The predicted molar refractivity (Wildman–Crippen MR) is 184 cm³/mol. The van der Waals surface area contributed by atoms with Crippen LogP contribution in [0.4, 0.5) is 0 Å². The largest absolute Gasteiger partial charge is 0.481 e. The number of hydroxylamine groups is 1. The summed E-state index contributed by atoms with van der Waals surface area (Å²) in [6, 6.07) is 0. The summed E-state index contributed by atoms with van der Waals surface area (Å²) in [5.74, 6) is -0.914. The van der Waals surface area contributed by atoms with Gasteiger partial charge in [0.15, 0.2) is 0 Å². The topological polar surface area (TPSA) is 86.6 Å². The minimum absolute atomic E-state index is 0.260. The Morgan fingerprint density at radius 3 is 0.628 bits per heavy atom. The third-order valence-corrected chi connectivity index (χ3v) is 9.17. The Bertz CT molecular complexity index is 568. The van der Waals surface area contributed by atoms with Crippen molar-refractivity contribution in [3.8, 4) is 0 Å². The number of unbranched alkanes of at least 4 members (excludes halogenated alkanes) is 33. The minimum atomic E-state index is -0.654. The van der Waals surface area contributed by atoms with Gasteiger partial charge in [0.25, 0.3) is 0 Å². The van der Waals surface area contributed by atoms with E-state index < -0.39 is 5.97 Å². The molecule has 0 fully saturated rings. The van der Waals surface area contributed by atoms with Crippen molar-refractivity contribution in [1.82, 2.24) is 5.48 Å². The summed E-state index contributed by atoms with van der Waals surface area (Å²) < 4.78 is 0. The molecule has 256 valence electrons. The Morgan fingerprint density at radius 2 is 0.465 bits per heavy atom. The maximum absolute atomic E-state index is 10.9. The van der Waals surface area contributed by atoms with Crippen LogP contribution in [0.1, 0.15) is 231 Å². The molecule has 5 nitrogen and oxygen atoms in total. The molecule has 0 rings (SSSR count). The first-order valence-corrected chi connectivity index (χ1v) is 19.3. The van der Waals surface area contributed by atoms with Gasteiger partial charge in [0.1, 0.15) is 0 Å². The summed E-state index contributed by atoms with van der Waals surface area (Å²) in [6.07, 6.45) is 46.5. The molecule has 0 saturated heterocycles. The van der Waals surface area contributed by atoms with E-state index in [2.05, 4.69) is 0 Å². The van der Waals surface area contributed by atoms with Gasteiger partial charge in [-0.15, -0.1) is 0 Å². The number of carboxylic acid groups (broad SMARTS) is 1. The molecule has 0 aromatic rings. The van der Waals surface area contributed by atoms with E-state index in [9.17, 15) is 9.59 Å². The van der Waals surface area contributed by atoms with Crippen LogP contribution in [0, 0.1) is 0 Å². The van der Waals surface area contributed by atoms with Gasteiger partial charge in [-0.2, -0.15) is 0 Å². The van der Waals surface area contributed by atoms with Crippen molar-refractivity contribution in [2.24, 2.45) is 0 Å². The van der Waals surface area contributed by atoms with Crippen molar-refractivity contribution in [2.75, 3.05) is 0 Å². The second-order valence-electron chi connectivity index (χ2n) is 13.4. The molecule has 0 aliphatic heterocycles. The van der Waals surface area contributed by atoms with Gasteiger partial charge in [0.2, 0.25) is 5.91 Å². The van der Waals surface area contributed by atoms with E-state index in [1.165, 1.54) is 193 Å². The van der Waals surface area contributed by atoms with Crippen molar-refractivity contribution in [3.63, 3.8) is 0 Å². The number of aliphatic carboxylic acids is 1. The van der Waals surface area contributed by atoms with E-state index in [1.54, 1.807) is 5.48 Å². The van der Waals surface area contributed by atoms with Crippen molar-refractivity contribution in [2.45, 2.75) is 231 Å². The Kier molecular flexibility index (Phi) is 36.1. The summed E-state index contributed by atoms with van der Waals surface area (Å²) in [7, 11) is 0. The normalized spacial score (nSPS) is 11.3. The van der Waals surface area contributed by atoms with Crippen LogP contribution in [0.5, 0.6) is 0 Å². The lowest BCUT2D eigenvalue weighted by Gasteiger charge is -2.05. The fourth-order valence-electron chi connectivity index (χ4n) is 6.27. The van der Waals surface area contributed by atoms with Crippen LogP contribution < -0.4 is 5.48 Å². The van der Waals surface area contributed by atoms with Gasteiger partial charge in [0, 0.05) is 12.8 Å². The van der Waals surface area contributed by atoms with Gasteiger partial charge in [0.05, 0.1) is 0 Å². The molecule has 0 aliphatic carbocycles. The Morgan fingerprint density at radius 1 is 0.302 bits per heavy atom. The fraction of sp³-hybridized carbons (Fsp3) is 0.947. The number of carbonyl (C=O) groups excluding carboxylic acids is 1. The second kappa shape index (κ2) is 37.1. The van der Waals surface area contributed by atoms with E-state index in [0.717, 1.165) is 25.7 Å². The van der Waals surface area contributed by atoms with Crippen LogP contribution in [-0.2, 0) is 9.59 Å². The van der Waals surface area contributed by atoms with Gasteiger partial charge in [-0.05, 0) is 12.8 Å². The summed E-state index contributed by atoms with van der Waals surface area (Å²) in [5, 5.41) is 17.1. The first-order chi connectivity index (χ1) is 21.2. The third-order valence-electron chi connectivity index (χ3n) is 9.17. The lowest BCUT2D eigenvalue weighted by Crippen LogP contribution is -2.17. The highest BCUT2D eigenvalue weighted by atomic mass is 16.5. The zero-order valence-electron chi connectivity index (χ0n) is 28.7. The van der Waals surface area contributed by atoms with E-state index in [-0.39, 0.29) is 5.91 Å². The lowest BCUT2D eigenvalue weighted by molar-refractivity contribution is -0.137. The predicted octanol–water partition coefficient (Wildman–Crippen LogP) is 12.6. The summed E-state index contributed by atoms with van der Waals surface area (Å²) in [6.45, 7) is 0. The standard InChI is InChI=1S/C38H75NO4/c40-37(39-43)35-33-31-29-27-25-23-21-19-17-15-13-11-9-7-5-3-1-2-4-6-8-10-12-14-16-18-20-22-24-26-28-30-32-34-36-38(41)42/h43H,1-36H2,(H,39,40)(H,41,42). The van der Waals surface area contributed by atoms with Crippen LogP contribution in [0.2, 0.25) is 0 Å². The maximum atomic E-state index is 10.9. The van der Waals surface area contributed by atoms with Crippen molar-refractivity contribution >= 4 is 11.9 Å². The molecule has 0 atom stereocenters. The smallest absolute Gasteiger partial charge is 0.303 e. The fourth-order valence-corrected chi connectivity index (χ4v) is 6.27. The highest BCUT2D eigenvalue weighted by Crippen LogP contribution is 2.17. The number of hydrogen-bond acceptors (Lipinski definition) is 3. The number of carbonyl (C=O) groups is 2. The monoisotopic (exact) mass is 610 g/mol. The van der Waals surface area contributed by atoms with Crippen LogP contribution in [0.25, 0.3) is 0 Å². The number of carboxylic acids is 1.